The quantitative estimate of drug-likeness (QED) is 0.667. The molecule has 5 nitrogen and oxygen atoms in total. The van der Waals surface area contributed by atoms with Crippen molar-refractivity contribution in [2.75, 3.05) is 17.4 Å². The molecular formula is C12H13BrFN5. The zero-order valence-electron chi connectivity index (χ0n) is 10.3. The summed E-state index contributed by atoms with van der Waals surface area (Å²) in [5.74, 6) is 5.11. The third-order valence-electron chi connectivity index (χ3n) is 2.55. The van der Waals surface area contributed by atoms with E-state index in [4.69, 9.17) is 5.84 Å². The molecule has 7 heteroatoms. The van der Waals surface area contributed by atoms with E-state index < -0.39 is 5.82 Å². The van der Waals surface area contributed by atoms with Crippen LogP contribution in [0.1, 0.15) is 5.56 Å². The minimum absolute atomic E-state index is 0.180. The molecule has 0 atom stereocenters. The van der Waals surface area contributed by atoms with Gasteiger partial charge in [-0.1, -0.05) is 28.1 Å². The number of aromatic nitrogens is 2. The molecule has 0 aliphatic heterocycles. The highest BCUT2D eigenvalue weighted by Crippen LogP contribution is 2.19. The summed E-state index contributed by atoms with van der Waals surface area (Å²) < 4.78 is 14.7. The Hall–Kier alpha value is -1.73. The van der Waals surface area contributed by atoms with Gasteiger partial charge in [0, 0.05) is 18.1 Å². The van der Waals surface area contributed by atoms with Crippen molar-refractivity contribution in [3.8, 4) is 0 Å². The molecule has 19 heavy (non-hydrogen) atoms. The third kappa shape index (κ3) is 3.39. The Kier molecular flexibility index (Phi) is 4.28. The van der Waals surface area contributed by atoms with Gasteiger partial charge in [0.2, 0.25) is 5.95 Å². The molecule has 3 N–H and O–H groups in total. The first-order chi connectivity index (χ1) is 9.10. The Balaban J connectivity index is 2.19. The van der Waals surface area contributed by atoms with Crippen molar-refractivity contribution in [3.63, 3.8) is 0 Å². The summed E-state index contributed by atoms with van der Waals surface area (Å²) in [6.07, 6.45) is 1.09. The smallest absolute Gasteiger partial charge is 0.239 e. The summed E-state index contributed by atoms with van der Waals surface area (Å²) >= 11 is 3.37. The molecule has 100 valence electrons. The second kappa shape index (κ2) is 5.94. The first kappa shape index (κ1) is 13.7. The van der Waals surface area contributed by atoms with Crippen LogP contribution in [-0.2, 0) is 6.54 Å². The first-order valence-corrected chi connectivity index (χ1v) is 6.34. The minimum atomic E-state index is -0.487. The standard InChI is InChI=1S/C12H13BrFN5/c1-19(7-8-2-4-9(13)5-3-8)11-10(14)6-16-12(17-11)18-15/h2-6H,7,15H2,1H3,(H,16,17,18). The van der Waals surface area contributed by atoms with Crippen molar-refractivity contribution in [2.45, 2.75) is 6.54 Å². The summed E-state index contributed by atoms with van der Waals surface area (Å²) in [6.45, 7) is 0.533. The fourth-order valence-electron chi connectivity index (χ4n) is 1.63. The van der Waals surface area contributed by atoms with E-state index in [0.717, 1.165) is 16.2 Å². The molecule has 1 aromatic heterocycles. The number of benzene rings is 1. The lowest BCUT2D eigenvalue weighted by Crippen LogP contribution is -2.21. The molecule has 1 aromatic carbocycles. The molecule has 0 amide bonds. The second-order valence-electron chi connectivity index (χ2n) is 3.99. The number of nitrogen functional groups attached to an aromatic ring is 1. The molecule has 2 aromatic rings. The molecule has 0 saturated heterocycles. The largest absolute Gasteiger partial charge is 0.353 e. The van der Waals surface area contributed by atoms with Gasteiger partial charge in [0.15, 0.2) is 11.6 Å². The fourth-order valence-corrected chi connectivity index (χ4v) is 1.90. The summed E-state index contributed by atoms with van der Waals surface area (Å²) in [5, 5.41) is 0. The average molecular weight is 326 g/mol. The van der Waals surface area contributed by atoms with Crippen LogP contribution in [0.2, 0.25) is 0 Å². The highest BCUT2D eigenvalue weighted by atomic mass is 79.9. The van der Waals surface area contributed by atoms with E-state index >= 15 is 0 Å². The molecule has 2 rings (SSSR count). The van der Waals surface area contributed by atoms with Crippen LogP contribution in [0.15, 0.2) is 34.9 Å². The highest BCUT2D eigenvalue weighted by molar-refractivity contribution is 9.10. The summed E-state index contributed by atoms with van der Waals surface area (Å²) in [4.78, 5) is 9.40. The van der Waals surface area contributed by atoms with Crippen LogP contribution in [0.4, 0.5) is 16.2 Å². The van der Waals surface area contributed by atoms with Crippen molar-refractivity contribution in [1.29, 1.82) is 0 Å². The Morgan fingerprint density at radius 2 is 2.05 bits per heavy atom. The molecule has 0 saturated carbocycles. The van der Waals surface area contributed by atoms with Gasteiger partial charge in [-0.05, 0) is 17.7 Å². The van der Waals surface area contributed by atoms with E-state index in [2.05, 4.69) is 31.3 Å². The molecule has 0 unspecified atom stereocenters. The number of nitrogens with two attached hydrogens (primary N) is 1. The van der Waals surface area contributed by atoms with Gasteiger partial charge < -0.3 is 4.90 Å². The predicted octanol–water partition coefficient (Wildman–Crippen LogP) is 2.30. The number of nitrogens with one attached hydrogen (secondary N) is 1. The van der Waals surface area contributed by atoms with Crippen molar-refractivity contribution in [3.05, 3.63) is 46.3 Å². The van der Waals surface area contributed by atoms with Gasteiger partial charge in [-0.15, -0.1) is 0 Å². The fraction of sp³-hybridized carbons (Fsp3) is 0.167. The lowest BCUT2D eigenvalue weighted by atomic mass is 10.2. The van der Waals surface area contributed by atoms with Crippen LogP contribution in [0.5, 0.6) is 0 Å². The zero-order valence-corrected chi connectivity index (χ0v) is 11.9. The van der Waals surface area contributed by atoms with E-state index in [1.807, 2.05) is 24.3 Å². The van der Waals surface area contributed by atoms with E-state index in [1.165, 1.54) is 0 Å². The van der Waals surface area contributed by atoms with Crippen LogP contribution < -0.4 is 16.2 Å². The number of nitrogens with zero attached hydrogens (tertiary/aromatic N) is 3. The van der Waals surface area contributed by atoms with Gasteiger partial charge in [-0.3, -0.25) is 5.43 Å². The Morgan fingerprint density at radius 1 is 1.37 bits per heavy atom. The first-order valence-electron chi connectivity index (χ1n) is 5.55. The van der Waals surface area contributed by atoms with E-state index in [1.54, 1.807) is 11.9 Å². The molecular weight excluding hydrogens is 313 g/mol. The zero-order chi connectivity index (χ0) is 13.8. The monoisotopic (exact) mass is 325 g/mol. The van der Waals surface area contributed by atoms with E-state index in [0.29, 0.717) is 6.54 Å². The topological polar surface area (TPSA) is 67.1 Å². The average Bonchev–Trinajstić information content (AvgIpc) is 2.42. The van der Waals surface area contributed by atoms with Crippen molar-refractivity contribution in [2.24, 2.45) is 5.84 Å². The van der Waals surface area contributed by atoms with Crippen LogP contribution in [0.25, 0.3) is 0 Å². The maximum Gasteiger partial charge on any atom is 0.239 e. The van der Waals surface area contributed by atoms with Crippen molar-refractivity contribution >= 4 is 27.7 Å². The number of rotatable bonds is 4. The molecule has 0 radical (unpaired) electrons. The van der Waals surface area contributed by atoms with Gasteiger partial charge in [-0.2, -0.15) is 4.98 Å². The van der Waals surface area contributed by atoms with Gasteiger partial charge in [0.25, 0.3) is 0 Å². The van der Waals surface area contributed by atoms with E-state index in [9.17, 15) is 4.39 Å². The SMILES string of the molecule is CN(Cc1ccc(Br)cc1)c1nc(NN)ncc1F. The Bertz CT molecular complexity index is 561. The maximum atomic E-state index is 13.7. The molecule has 0 bridgehead atoms. The van der Waals surface area contributed by atoms with Gasteiger partial charge in [-0.25, -0.2) is 15.2 Å². The van der Waals surface area contributed by atoms with Crippen LogP contribution in [0.3, 0.4) is 0 Å². The Labute approximate surface area is 118 Å². The molecule has 0 fully saturated rings. The number of hydrazine groups is 1. The van der Waals surface area contributed by atoms with Crippen LogP contribution in [0, 0.1) is 5.82 Å². The molecule has 0 aliphatic carbocycles. The number of hydrogen-bond acceptors (Lipinski definition) is 5. The summed E-state index contributed by atoms with van der Waals surface area (Å²) in [5.41, 5.74) is 3.35. The summed E-state index contributed by atoms with van der Waals surface area (Å²) in [6, 6.07) is 7.79. The normalized spacial score (nSPS) is 10.3. The highest BCUT2D eigenvalue weighted by Gasteiger charge is 2.11. The van der Waals surface area contributed by atoms with Gasteiger partial charge >= 0.3 is 0 Å². The maximum absolute atomic E-state index is 13.7. The molecule has 1 heterocycles. The molecule has 0 spiro atoms. The van der Waals surface area contributed by atoms with Crippen molar-refractivity contribution < 1.29 is 4.39 Å². The minimum Gasteiger partial charge on any atom is -0.353 e. The Morgan fingerprint density at radius 3 is 2.68 bits per heavy atom. The second-order valence-corrected chi connectivity index (χ2v) is 4.91. The number of anilines is 2. The lowest BCUT2D eigenvalue weighted by molar-refractivity contribution is 0.607. The molecule has 0 aliphatic rings. The third-order valence-corrected chi connectivity index (χ3v) is 3.08. The van der Waals surface area contributed by atoms with E-state index in [-0.39, 0.29) is 11.8 Å². The number of hydrogen-bond donors (Lipinski definition) is 2. The van der Waals surface area contributed by atoms with Gasteiger partial charge in [0.05, 0.1) is 6.20 Å². The van der Waals surface area contributed by atoms with Gasteiger partial charge in [0.1, 0.15) is 0 Å². The van der Waals surface area contributed by atoms with Crippen molar-refractivity contribution in [1.82, 2.24) is 9.97 Å². The predicted molar refractivity (Wildman–Crippen MR) is 76.0 cm³/mol. The number of halogens is 2. The lowest BCUT2D eigenvalue weighted by Gasteiger charge is -2.19. The van der Waals surface area contributed by atoms with Crippen LogP contribution >= 0.6 is 15.9 Å². The summed E-state index contributed by atoms with van der Waals surface area (Å²) in [7, 11) is 1.76. The van der Waals surface area contributed by atoms with Crippen LogP contribution in [-0.4, -0.2) is 17.0 Å².